The summed E-state index contributed by atoms with van der Waals surface area (Å²) in [7, 11) is 0. The average Bonchev–Trinajstić information content (AvgIpc) is 3.16. The van der Waals surface area contributed by atoms with Crippen molar-refractivity contribution in [1.29, 1.82) is 0 Å². The molecule has 0 radical (unpaired) electrons. The van der Waals surface area contributed by atoms with Crippen molar-refractivity contribution in [3.05, 3.63) is 53.2 Å². The van der Waals surface area contributed by atoms with Crippen molar-refractivity contribution in [3.8, 4) is 0 Å². The van der Waals surface area contributed by atoms with Crippen LogP contribution < -0.4 is 4.90 Å². The molecule has 0 atom stereocenters. The number of nitrogens with zero attached hydrogens (tertiary/aromatic N) is 4. The van der Waals surface area contributed by atoms with Crippen LogP contribution in [-0.4, -0.2) is 46.5 Å². The number of thiazole rings is 1. The zero-order valence-corrected chi connectivity index (χ0v) is 15.1. The molecule has 0 N–H and O–H groups in total. The fourth-order valence-electron chi connectivity index (χ4n) is 4.32. The van der Waals surface area contributed by atoms with E-state index in [2.05, 4.69) is 20.9 Å². The number of fused-ring (bicyclic) bond motifs is 3. The fraction of sp³-hybridized carbons (Fsp3) is 0.350. The summed E-state index contributed by atoms with van der Waals surface area (Å²) in [5.41, 5.74) is 2.67. The maximum Gasteiger partial charge on any atom is 0.283 e. The Bertz CT molecular complexity index is 1000. The number of hydrogen-bond acceptors (Lipinski definition) is 5. The molecule has 1 amide bonds. The normalized spacial score (nSPS) is 20.5. The Hall–Kier alpha value is -2.47. The van der Waals surface area contributed by atoms with Gasteiger partial charge >= 0.3 is 0 Å². The van der Waals surface area contributed by atoms with Crippen LogP contribution in [0.1, 0.15) is 28.2 Å². The van der Waals surface area contributed by atoms with Crippen LogP contribution in [0.2, 0.25) is 0 Å². The molecule has 2 aliphatic heterocycles. The summed E-state index contributed by atoms with van der Waals surface area (Å²) in [5.74, 6) is 1.20. The van der Waals surface area contributed by atoms with Crippen molar-refractivity contribution < 1.29 is 4.79 Å². The molecule has 1 aromatic carbocycles. The Kier molecular flexibility index (Phi) is 2.84. The Labute approximate surface area is 155 Å². The van der Waals surface area contributed by atoms with Crippen LogP contribution in [0.15, 0.2) is 42.6 Å². The van der Waals surface area contributed by atoms with Crippen LogP contribution in [0, 0.1) is 0 Å². The van der Waals surface area contributed by atoms with E-state index in [1.165, 1.54) is 29.7 Å². The fourth-order valence-corrected chi connectivity index (χ4v) is 5.26. The highest BCUT2D eigenvalue weighted by atomic mass is 32.1. The van der Waals surface area contributed by atoms with E-state index in [1.54, 1.807) is 0 Å². The summed E-state index contributed by atoms with van der Waals surface area (Å²) in [5, 5.41) is 0.600. The van der Waals surface area contributed by atoms with Crippen molar-refractivity contribution in [1.82, 2.24) is 14.9 Å². The van der Waals surface area contributed by atoms with Crippen molar-refractivity contribution in [2.24, 2.45) is 0 Å². The first-order chi connectivity index (χ1) is 12.7. The summed E-state index contributed by atoms with van der Waals surface area (Å²) in [6.07, 6.45) is 4.42. The number of carbonyl (C=O) groups is 1. The molecule has 3 aromatic rings. The van der Waals surface area contributed by atoms with Crippen molar-refractivity contribution in [3.63, 3.8) is 0 Å². The minimum Gasteiger partial charge on any atom is -0.349 e. The number of aromatic nitrogens is 2. The molecular weight excluding hydrogens is 344 g/mol. The second kappa shape index (κ2) is 5.04. The van der Waals surface area contributed by atoms with Gasteiger partial charge in [0.1, 0.15) is 5.82 Å². The Morgan fingerprint density at radius 2 is 2.00 bits per heavy atom. The third-order valence-corrected chi connectivity index (χ3v) is 7.05. The van der Waals surface area contributed by atoms with Gasteiger partial charge in [-0.15, -0.1) is 11.3 Å². The molecular formula is C20H18N4OS. The lowest BCUT2D eigenvalue weighted by atomic mass is 10.0. The molecule has 2 fully saturated rings. The van der Waals surface area contributed by atoms with Crippen LogP contribution in [0.5, 0.6) is 0 Å². The summed E-state index contributed by atoms with van der Waals surface area (Å²) in [4.78, 5) is 26.3. The van der Waals surface area contributed by atoms with Gasteiger partial charge in [-0.25, -0.2) is 9.97 Å². The van der Waals surface area contributed by atoms with E-state index in [4.69, 9.17) is 0 Å². The number of carbonyl (C=O) groups excluding carboxylic acids is 1. The molecule has 0 bridgehead atoms. The van der Waals surface area contributed by atoms with Gasteiger partial charge in [0.05, 0.1) is 16.3 Å². The maximum absolute atomic E-state index is 12.8. The molecule has 1 saturated heterocycles. The summed E-state index contributed by atoms with van der Waals surface area (Å²) < 4.78 is 1.07. The number of hydrogen-bond donors (Lipinski definition) is 0. The van der Waals surface area contributed by atoms with Crippen LogP contribution in [-0.2, 0) is 5.41 Å². The molecule has 2 aromatic heterocycles. The van der Waals surface area contributed by atoms with Gasteiger partial charge in [-0.05, 0) is 31.0 Å². The molecule has 6 rings (SSSR count). The zero-order chi connectivity index (χ0) is 17.3. The molecule has 1 spiro atoms. The maximum atomic E-state index is 12.8. The van der Waals surface area contributed by atoms with Crippen molar-refractivity contribution in [2.45, 2.75) is 24.3 Å². The van der Waals surface area contributed by atoms with Gasteiger partial charge in [0.15, 0.2) is 5.01 Å². The standard InChI is InChI=1S/C20H18N4OS/c25-19(18-22-15-5-1-2-6-16(15)26-18)23-10-13(11-23)24-12-20(7-8-20)14-4-3-9-21-17(14)24/h1-6,9,13H,7-8,10-12H2. The van der Waals surface area contributed by atoms with E-state index in [1.807, 2.05) is 41.4 Å². The molecule has 5 nitrogen and oxygen atoms in total. The van der Waals surface area contributed by atoms with E-state index < -0.39 is 0 Å². The van der Waals surface area contributed by atoms with Crippen LogP contribution in [0.4, 0.5) is 5.82 Å². The topological polar surface area (TPSA) is 49.3 Å². The Morgan fingerprint density at radius 1 is 1.15 bits per heavy atom. The third-order valence-electron chi connectivity index (χ3n) is 6.02. The predicted molar refractivity (Wildman–Crippen MR) is 102 cm³/mol. The number of rotatable bonds is 2. The quantitative estimate of drug-likeness (QED) is 0.703. The van der Waals surface area contributed by atoms with E-state index in [0.29, 0.717) is 16.5 Å². The second-order valence-electron chi connectivity index (χ2n) is 7.63. The number of pyridine rings is 1. The smallest absolute Gasteiger partial charge is 0.283 e. The summed E-state index contributed by atoms with van der Waals surface area (Å²) in [6.45, 7) is 2.59. The predicted octanol–water partition coefficient (Wildman–Crippen LogP) is 3.07. The Balaban J connectivity index is 1.20. The van der Waals surface area contributed by atoms with Gasteiger partial charge in [-0.2, -0.15) is 0 Å². The van der Waals surface area contributed by atoms with Gasteiger partial charge < -0.3 is 9.80 Å². The third kappa shape index (κ3) is 1.99. The minimum absolute atomic E-state index is 0.0593. The van der Waals surface area contributed by atoms with Gasteiger partial charge in [-0.3, -0.25) is 4.79 Å². The first-order valence-electron chi connectivity index (χ1n) is 9.11. The first-order valence-corrected chi connectivity index (χ1v) is 9.92. The lowest BCUT2D eigenvalue weighted by Gasteiger charge is -2.44. The molecule has 4 heterocycles. The number of benzene rings is 1. The van der Waals surface area contributed by atoms with Gasteiger partial charge in [-0.1, -0.05) is 18.2 Å². The molecule has 1 aliphatic carbocycles. The number of likely N-dealkylation sites (tertiary alicyclic amines) is 1. The first kappa shape index (κ1) is 14.7. The second-order valence-corrected chi connectivity index (χ2v) is 8.66. The SMILES string of the molecule is O=C(c1nc2ccccc2s1)N1CC(N2CC3(CC3)c3cccnc32)C1. The van der Waals surface area contributed by atoms with Crippen molar-refractivity contribution in [2.75, 3.05) is 24.5 Å². The number of para-hydroxylation sites is 1. The van der Waals surface area contributed by atoms with Gasteiger partial charge in [0.25, 0.3) is 5.91 Å². The molecule has 6 heteroatoms. The zero-order valence-electron chi connectivity index (χ0n) is 14.3. The highest BCUT2D eigenvalue weighted by molar-refractivity contribution is 7.20. The molecule has 0 unspecified atom stereocenters. The van der Waals surface area contributed by atoms with Crippen molar-refractivity contribution >= 4 is 33.3 Å². The average molecular weight is 362 g/mol. The molecule has 26 heavy (non-hydrogen) atoms. The summed E-state index contributed by atoms with van der Waals surface area (Å²) >= 11 is 1.49. The van der Waals surface area contributed by atoms with E-state index >= 15 is 0 Å². The van der Waals surface area contributed by atoms with Crippen LogP contribution in [0.25, 0.3) is 10.2 Å². The minimum atomic E-state index is 0.0593. The molecule has 130 valence electrons. The highest BCUT2D eigenvalue weighted by Crippen LogP contribution is 2.56. The van der Waals surface area contributed by atoms with E-state index in [9.17, 15) is 4.79 Å². The number of amides is 1. The van der Waals surface area contributed by atoms with E-state index in [-0.39, 0.29) is 5.91 Å². The largest absolute Gasteiger partial charge is 0.349 e. The van der Waals surface area contributed by atoms with Crippen LogP contribution in [0.3, 0.4) is 0 Å². The van der Waals surface area contributed by atoms with Gasteiger partial charge in [0, 0.05) is 36.8 Å². The molecule has 3 aliphatic rings. The highest BCUT2D eigenvalue weighted by Gasteiger charge is 2.54. The Morgan fingerprint density at radius 3 is 2.81 bits per heavy atom. The lowest BCUT2D eigenvalue weighted by Crippen LogP contribution is -2.61. The van der Waals surface area contributed by atoms with Crippen LogP contribution >= 0.6 is 11.3 Å². The molecule has 1 saturated carbocycles. The van der Waals surface area contributed by atoms with E-state index in [0.717, 1.165) is 35.7 Å². The monoisotopic (exact) mass is 362 g/mol. The number of anilines is 1. The van der Waals surface area contributed by atoms with Gasteiger partial charge in [0.2, 0.25) is 0 Å². The summed E-state index contributed by atoms with van der Waals surface area (Å²) in [6, 6.07) is 12.6. The lowest BCUT2D eigenvalue weighted by molar-refractivity contribution is 0.0599.